The summed E-state index contributed by atoms with van der Waals surface area (Å²) in [5.41, 5.74) is 3.32. The highest BCUT2D eigenvalue weighted by Crippen LogP contribution is 2.31. The Bertz CT molecular complexity index is 1440. The summed E-state index contributed by atoms with van der Waals surface area (Å²) < 4.78 is 7.49. The number of aliphatic carboxylic acids is 1. The molecule has 4 aromatic rings. The van der Waals surface area contributed by atoms with Gasteiger partial charge in [-0.3, -0.25) is 9.36 Å². The van der Waals surface area contributed by atoms with Gasteiger partial charge >= 0.3 is 5.97 Å². The van der Waals surface area contributed by atoms with Gasteiger partial charge in [0.1, 0.15) is 11.6 Å². The second-order valence-electron chi connectivity index (χ2n) is 8.86. The van der Waals surface area contributed by atoms with Crippen LogP contribution in [-0.4, -0.2) is 20.6 Å². The Balaban J connectivity index is 1.68. The summed E-state index contributed by atoms with van der Waals surface area (Å²) in [7, 11) is 0. The lowest BCUT2D eigenvalue weighted by Crippen LogP contribution is -2.28. The first-order valence-electron chi connectivity index (χ1n) is 12.3. The first-order chi connectivity index (χ1) is 17.9. The molecule has 3 aromatic carbocycles. The quantitative estimate of drug-likeness (QED) is 0.261. The summed E-state index contributed by atoms with van der Waals surface area (Å²) >= 11 is 6.53. The maximum absolute atomic E-state index is 13.7. The van der Waals surface area contributed by atoms with Gasteiger partial charge in [-0.25, -0.2) is 9.78 Å². The van der Waals surface area contributed by atoms with Crippen LogP contribution in [0.4, 0.5) is 0 Å². The van der Waals surface area contributed by atoms with Crippen molar-refractivity contribution in [2.24, 2.45) is 0 Å². The molecule has 4 rings (SSSR count). The number of carboxylic acid groups (broad SMARTS) is 1. The number of hydrogen-bond donors (Lipinski definition) is 1. The summed E-state index contributed by atoms with van der Waals surface area (Å²) in [6, 6.07) is 23.4. The van der Waals surface area contributed by atoms with Crippen molar-refractivity contribution >= 4 is 17.6 Å². The smallest absolute Gasteiger partial charge is 0.349 e. The summed E-state index contributed by atoms with van der Waals surface area (Å²) in [5.74, 6) is -0.125. The molecule has 1 atom stereocenters. The van der Waals surface area contributed by atoms with Gasteiger partial charge in [-0.05, 0) is 36.6 Å². The van der Waals surface area contributed by atoms with E-state index in [1.54, 1.807) is 47.0 Å². The number of aryl methyl sites for hydroxylation is 2. The highest BCUT2D eigenvalue weighted by atomic mass is 35.5. The van der Waals surface area contributed by atoms with Crippen LogP contribution in [-0.2, 0) is 17.8 Å². The summed E-state index contributed by atoms with van der Waals surface area (Å²) in [6.07, 6.45) is 1.40. The molecule has 0 aliphatic carbocycles. The molecule has 0 bridgehead atoms. The Hall–Kier alpha value is -3.90. The van der Waals surface area contributed by atoms with Crippen LogP contribution in [0.15, 0.2) is 83.7 Å². The van der Waals surface area contributed by atoms with Crippen LogP contribution < -0.4 is 10.3 Å². The fourth-order valence-electron chi connectivity index (χ4n) is 4.28. The molecule has 190 valence electrons. The van der Waals surface area contributed by atoms with Crippen LogP contribution in [0.2, 0.25) is 5.02 Å². The van der Waals surface area contributed by atoms with Crippen molar-refractivity contribution in [1.82, 2.24) is 9.55 Å². The minimum Gasteiger partial charge on any atom is -0.478 e. The third-order valence-corrected chi connectivity index (χ3v) is 6.45. The fourth-order valence-corrected chi connectivity index (χ4v) is 4.53. The van der Waals surface area contributed by atoms with Gasteiger partial charge in [0.25, 0.3) is 5.56 Å². The van der Waals surface area contributed by atoms with Gasteiger partial charge in [0, 0.05) is 12.0 Å². The highest BCUT2D eigenvalue weighted by Gasteiger charge is 2.23. The molecular formula is C30H29ClN2O4. The van der Waals surface area contributed by atoms with E-state index in [1.165, 1.54) is 0 Å². The van der Waals surface area contributed by atoms with E-state index in [0.717, 1.165) is 29.8 Å². The number of carboxylic acids is 1. The molecule has 1 N–H and O–H groups in total. The van der Waals surface area contributed by atoms with Crippen molar-refractivity contribution in [2.45, 2.75) is 45.8 Å². The van der Waals surface area contributed by atoms with Crippen molar-refractivity contribution in [1.29, 1.82) is 0 Å². The van der Waals surface area contributed by atoms with Crippen LogP contribution in [0, 0.1) is 6.92 Å². The van der Waals surface area contributed by atoms with Gasteiger partial charge in [0.05, 0.1) is 22.8 Å². The van der Waals surface area contributed by atoms with E-state index < -0.39 is 12.1 Å². The molecule has 0 saturated carbocycles. The Kier molecular flexibility index (Phi) is 8.41. The lowest BCUT2D eigenvalue weighted by Gasteiger charge is -2.18. The third kappa shape index (κ3) is 6.09. The molecule has 7 heteroatoms. The molecule has 0 aliphatic rings. The van der Waals surface area contributed by atoms with E-state index in [9.17, 15) is 14.7 Å². The topological polar surface area (TPSA) is 81.4 Å². The number of hydrogen-bond acceptors (Lipinski definition) is 4. The van der Waals surface area contributed by atoms with Gasteiger partial charge in [-0.1, -0.05) is 91.7 Å². The van der Waals surface area contributed by atoms with Crippen LogP contribution in [0.1, 0.15) is 48.5 Å². The van der Waals surface area contributed by atoms with Crippen molar-refractivity contribution in [3.63, 3.8) is 0 Å². The SMILES string of the molecule is CCCCc1nc(C)c(-c2ccccc2)c(=O)n1Cc1ccc(OC(C(=O)O)c2ccccc2)c(Cl)c1. The Labute approximate surface area is 221 Å². The monoisotopic (exact) mass is 516 g/mol. The largest absolute Gasteiger partial charge is 0.478 e. The van der Waals surface area contributed by atoms with Gasteiger partial charge in [0.2, 0.25) is 6.10 Å². The molecule has 37 heavy (non-hydrogen) atoms. The van der Waals surface area contributed by atoms with E-state index in [-0.39, 0.29) is 22.9 Å². The highest BCUT2D eigenvalue weighted by molar-refractivity contribution is 6.32. The van der Waals surface area contributed by atoms with Crippen LogP contribution in [0.3, 0.4) is 0 Å². The average Bonchev–Trinajstić information content (AvgIpc) is 2.89. The number of halogens is 1. The Morgan fingerprint density at radius 2 is 1.73 bits per heavy atom. The molecule has 0 radical (unpaired) electrons. The van der Waals surface area contributed by atoms with Gasteiger partial charge in [-0.15, -0.1) is 0 Å². The molecule has 0 amide bonds. The molecule has 0 saturated heterocycles. The molecular weight excluding hydrogens is 488 g/mol. The maximum Gasteiger partial charge on any atom is 0.349 e. The number of nitrogens with zero attached hydrogens (tertiary/aromatic N) is 2. The zero-order valence-corrected chi connectivity index (χ0v) is 21.6. The molecule has 0 fully saturated rings. The minimum atomic E-state index is -1.19. The molecule has 6 nitrogen and oxygen atoms in total. The van der Waals surface area contributed by atoms with Gasteiger partial charge < -0.3 is 9.84 Å². The summed E-state index contributed by atoms with van der Waals surface area (Å²) in [6.45, 7) is 4.26. The van der Waals surface area contributed by atoms with Crippen molar-refractivity contribution < 1.29 is 14.6 Å². The van der Waals surface area contributed by atoms with Crippen molar-refractivity contribution in [2.75, 3.05) is 0 Å². The van der Waals surface area contributed by atoms with E-state index in [2.05, 4.69) is 6.92 Å². The number of ether oxygens (including phenoxy) is 1. The fraction of sp³-hybridized carbons (Fsp3) is 0.233. The van der Waals surface area contributed by atoms with Crippen LogP contribution >= 0.6 is 11.6 Å². The lowest BCUT2D eigenvalue weighted by atomic mass is 10.1. The van der Waals surface area contributed by atoms with Crippen LogP contribution in [0.5, 0.6) is 5.75 Å². The predicted octanol–water partition coefficient (Wildman–Crippen LogP) is 6.47. The first-order valence-corrected chi connectivity index (χ1v) is 12.7. The molecule has 1 aromatic heterocycles. The van der Waals surface area contributed by atoms with Crippen molar-refractivity contribution in [3.05, 3.63) is 117 Å². The number of benzene rings is 3. The number of carbonyl (C=O) groups is 1. The maximum atomic E-state index is 13.7. The second-order valence-corrected chi connectivity index (χ2v) is 9.27. The second kappa shape index (κ2) is 11.9. The Morgan fingerprint density at radius 3 is 2.35 bits per heavy atom. The van der Waals surface area contributed by atoms with Crippen molar-refractivity contribution in [3.8, 4) is 16.9 Å². The average molecular weight is 517 g/mol. The van der Waals surface area contributed by atoms with E-state index >= 15 is 0 Å². The number of aromatic nitrogens is 2. The standard InChI is InChI=1S/C30H29ClN2O4/c1-3-4-15-26-32-20(2)27(22-11-7-5-8-12-22)29(34)33(26)19-21-16-17-25(24(31)18-21)37-28(30(35)36)23-13-9-6-10-14-23/h5-14,16-18,28H,3-4,15,19H2,1-2H3,(H,35,36). The normalized spacial score (nSPS) is 11.8. The van der Waals surface area contributed by atoms with Gasteiger partial charge in [0.15, 0.2) is 0 Å². The first kappa shape index (κ1) is 26.2. The number of rotatable bonds is 10. The summed E-state index contributed by atoms with van der Waals surface area (Å²) in [4.78, 5) is 30.4. The lowest BCUT2D eigenvalue weighted by molar-refractivity contribution is -0.145. The predicted molar refractivity (Wildman–Crippen MR) is 145 cm³/mol. The number of unbranched alkanes of at least 4 members (excludes halogenated alkanes) is 1. The zero-order valence-electron chi connectivity index (χ0n) is 20.9. The minimum absolute atomic E-state index is 0.101. The summed E-state index contributed by atoms with van der Waals surface area (Å²) in [5, 5.41) is 9.96. The van der Waals surface area contributed by atoms with E-state index in [1.807, 2.05) is 43.3 Å². The van der Waals surface area contributed by atoms with E-state index in [0.29, 0.717) is 23.2 Å². The molecule has 0 spiro atoms. The molecule has 0 aliphatic heterocycles. The van der Waals surface area contributed by atoms with Gasteiger partial charge in [-0.2, -0.15) is 0 Å². The van der Waals surface area contributed by atoms with E-state index in [4.69, 9.17) is 21.3 Å². The molecule has 1 heterocycles. The van der Waals surface area contributed by atoms with Crippen LogP contribution in [0.25, 0.3) is 11.1 Å². The third-order valence-electron chi connectivity index (χ3n) is 6.15. The molecule has 1 unspecified atom stereocenters. The zero-order chi connectivity index (χ0) is 26.4. The Morgan fingerprint density at radius 1 is 1.05 bits per heavy atom.